The fraction of sp³-hybridized carbons (Fsp3) is 0.684. The smallest absolute Gasteiger partial charge is 0.356 e. The van der Waals surface area contributed by atoms with Crippen LogP contribution in [0.2, 0.25) is 0 Å². The van der Waals surface area contributed by atoms with Crippen LogP contribution in [0, 0.1) is 5.92 Å². The van der Waals surface area contributed by atoms with Crippen LogP contribution in [0.25, 0.3) is 0 Å². The van der Waals surface area contributed by atoms with Crippen molar-refractivity contribution in [2.75, 3.05) is 26.2 Å². The van der Waals surface area contributed by atoms with Gasteiger partial charge in [0.05, 0.1) is 6.61 Å². The van der Waals surface area contributed by atoms with Gasteiger partial charge < -0.3 is 9.64 Å². The molecule has 0 saturated heterocycles. The molecular weight excluding hydrogens is 288 g/mol. The minimum Gasteiger partial charge on any atom is -0.461 e. The van der Waals surface area contributed by atoms with Gasteiger partial charge in [0.1, 0.15) is 5.69 Å². The van der Waals surface area contributed by atoms with Crippen molar-refractivity contribution in [1.29, 1.82) is 0 Å². The molecule has 0 radical (unpaired) electrons. The van der Waals surface area contributed by atoms with E-state index in [2.05, 4.69) is 23.7 Å². The van der Waals surface area contributed by atoms with Crippen molar-refractivity contribution in [1.82, 2.24) is 9.88 Å². The molecule has 4 nitrogen and oxygen atoms in total. The third-order valence-corrected chi connectivity index (χ3v) is 4.78. The second-order valence-electron chi connectivity index (χ2n) is 6.42. The number of rotatable bonds is 9. The van der Waals surface area contributed by atoms with E-state index in [0.717, 1.165) is 38.4 Å². The van der Waals surface area contributed by atoms with Crippen LogP contribution in [-0.4, -0.2) is 42.1 Å². The molecular formula is C19H30N2O2. The van der Waals surface area contributed by atoms with Gasteiger partial charge in [0.2, 0.25) is 0 Å². The average Bonchev–Trinajstić information content (AvgIpc) is 3.08. The van der Waals surface area contributed by atoms with Crippen LogP contribution in [0.5, 0.6) is 0 Å². The molecule has 2 rings (SSSR count). The zero-order valence-corrected chi connectivity index (χ0v) is 14.6. The monoisotopic (exact) mass is 318 g/mol. The molecule has 1 aromatic heterocycles. The Morgan fingerprint density at radius 3 is 2.61 bits per heavy atom. The Labute approximate surface area is 140 Å². The summed E-state index contributed by atoms with van der Waals surface area (Å²) in [7, 11) is 0. The number of pyridine rings is 1. The first-order valence-electron chi connectivity index (χ1n) is 9.07. The van der Waals surface area contributed by atoms with Gasteiger partial charge in [-0.1, -0.05) is 45.6 Å². The molecule has 1 aromatic rings. The second kappa shape index (κ2) is 9.66. The van der Waals surface area contributed by atoms with Gasteiger partial charge in [-0.25, -0.2) is 9.78 Å². The summed E-state index contributed by atoms with van der Waals surface area (Å²) in [6, 6.07) is 3.83. The maximum atomic E-state index is 12.0. The molecule has 1 aliphatic carbocycles. The zero-order valence-electron chi connectivity index (χ0n) is 14.6. The van der Waals surface area contributed by atoms with E-state index in [0.29, 0.717) is 12.3 Å². The molecule has 0 atom stereocenters. The highest BCUT2D eigenvalue weighted by Crippen LogP contribution is 2.27. The third-order valence-electron chi connectivity index (χ3n) is 4.78. The van der Waals surface area contributed by atoms with E-state index in [4.69, 9.17) is 4.74 Å². The number of esters is 1. The topological polar surface area (TPSA) is 42.4 Å². The summed E-state index contributed by atoms with van der Waals surface area (Å²) in [6.07, 6.45) is 9.17. The molecule has 0 aliphatic heterocycles. The highest BCUT2D eigenvalue weighted by molar-refractivity contribution is 5.87. The van der Waals surface area contributed by atoms with Crippen molar-refractivity contribution in [3.63, 3.8) is 0 Å². The Balaban J connectivity index is 1.71. The highest BCUT2D eigenvalue weighted by atomic mass is 16.5. The summed E-state index contributed by atoms with van der Waals surface area (Å²) >= 11 is 0. The molecule has 1 saturated carbocycles. The Bertz CT molecular complexity index is 463. The van der Waals surface area contributed by atoms with Gasteiger partial charge in [0, 0.05) is 12.7 Å². The van der Waals surface area contributed by atoms with Crippen molar-refractivity contribution in [2.24, 2.45) is 5.92 Å². The van der Waals surface area contributed by atoms with Gasteiger partial charge in [0.15, 0.2) is 0 Å². The predicted octanol–water partition coefficient (Wildman–Crippen LogP) is 3.70. The summed E-state index contributed by atoms with van der Waals surface area (Å²) in [5, 5.41) is 0. The normalized spacial score (nSPS) is 15.3. The fourth-order valence-electron chi connectivity index (χ4n) is 3.28. The molecule has 0 amide bonds. The maximum absolute atomic E-state index is 12.0. The van der Waals surface area contributed by atoms with Gasteiger partial charge in [-0.15, -0.1) is 0 Å². The van der Waals surface area contributed by atoms with Crippen LogP contribution in [0.3, 0.4) is 0 Å². The molecule has 0 aromatic carbocycles. The number of hydrogen-bond acceptors (Lipinski definition) is 4. The van der Waals surface area contributed by atoms with E-state index >= 15 is 0 Å². The van der Waals surface area contributed by atoms with Crippen LogP contribution >= 0.6 is 0 Å². The Kier molecular flexibility index (Phi) is 7.53. The predicted molar refractivity (Wildman–Crippen MR) is 92.6 cm³/mol. The molecule has 1 heterocycles. The van der Waals surface area contributed by atoms with Crippen molar-refractivity contribution < 1.29 is 9.53 Å². The molecule has 0 bridgehead atoms. The first-order chi connectivity index (χ1) is 11.2. The number of carbonyl (C=O) groups is 1. The third kappa shape index (κ3) is 5.94. The number of ether oxygens (including phenoxy) is 1. The van der Waals surface area contributed by atoms with Crippen molar-refractivity contribution >= 4 is 5.97 Å². The van der Waals surface area contributed by atoms with E-state index in [1.165, 1.54) is 31.2 Å². The van der Waals surface area contributed by atoms with Crippen LogP contribution in [-0.2, 0) is 11.2 Å². The first-order valence-corrected chi connectivity index (χ1v) is 9.07. The molecule has 0 spiro atoms. The van der Waals surface area contributed by atoms with E-state index in [1.54, 1.807) is 6.07 Å². The average molecular weight is 318 g/mol. The molecule has 23 heavy (non-hydrogen) atoms. The SMILES string of the molecule is CCN(CC)CCCOC(=O)c1ccc(CC2CCCC2)cn1. The summed E-state index contributed by atoms with van der Waals surface area (Å²) in [5.74, 6) is 0.492. The summed E-state index contributed by atoms with van der Waals surface area (Å²) in [6.45, 7) is 7.79. The number of carbonyl (C=O) groups excluding carboxylic acids is 1. The Hall–Kier alpha value is -1.42. The van der Waals surface area contributed by atoms with Crippen LogP contribution < -0.4 is 0 Å². The molecule has 0 unspecified atom stereocenters. The quantitative estimate of drug-likeness (QED) is 0.514. The van der Waals surface area contributed by atoms with E-state index in [-0.39, 0.29) is 5.97 Å². The second-order valence-corrected chi connectivity index (χ2v) is 6.42. The summed E-state index contributed by atoms with van der Waals surface area (Å²) in [4.78, 5) is 18.6. The highest BCUT2D eigenvalue weighted by Gasteiger charge is 2.16. The fourth-order valence-corrected chi connectivity index (χ4v) is 3.28. The lowest BCUT2D eigenvalue weighted by atomic mass is 9.99. The minimum atomic E-state index is -0.308. The van der Waals surface area contributed by atoms with E-state index < -0.39 is 0 Å². The lowest BCUT2D eigenvalue weighted by Gasteiger charge is -2.17. The Morgan fingerprint density at radius 2 is 2.00 bits per heavy atom. The van der Waals surface area contributed by atoms with E-state index in [9.17, 15) is 4.79 Å². The molecule has 0 N–H and O–H groups in total. The molecule has 4 heteroatoms. The Morgan fingerprint density at radius 1 is 1.26 bits per heavy atom. The van der Waals surface area contributed by atoms with Gasteiger partial charge in [-0.3, -0.25) is 0 Å². The molecule has 128 valence electrons. The standard InChI is InChI=1S/C19H30N2O2/c1-3-21(4-2)12-7-13-23-19(22)18-11-10-17(15-20-18)14-16-8-5-6-9-16/h10-11,15-16H,3-9,12-14H2,1-2H3. The summed E-state index contributed by atoms with van der Waals surface area (Å²) in [5.41, 5.74) is 1.65. The van der Waals surface area contributed by atoms with E-state index in [1.807, 2.05) is 12.3 Å². The van der Waals surface area contributed by atoms with Crippen molar-refractivity contribution in [3.05, 3.63) is 29.6 Å². The largest absolute Gasteiger partial charge is 0.461 e. The van der Waals surface area contributed by atoms with Crippen molar-refractivity contribution in [3.8, 4) is 0 Å². The molecule has 1 fully saturated rings. The van der Waals surface area contributed by atoms with Gasteiger partial charge >= 0.3 is 5.97 Å². The lowest BCUT2D eigenvalue weighted by molar-refractivity contribution is 0.0482. The number of aromatic nitrogens is 1. The lowest BCUT2D eigenvalue weighted by Crippen LogP contribution is -2.25. The van der Waals surface area contributed by atoms with Gasteiger partial charge in [0.25, 0.3) is 0 Å². The van der Waals surface area contributed by atoms with Gasteiger partial charge in [-0.2, -0.15) is 0 Å². The number of hydrogen-bond donors (Lipinski definition) is 0. The zero-order chi connectivity index (χ0) is 16.5. The van der Waals surface area contributed by atoms with Gasteiger partial charge in [-0.05, 0) is 43.5 Å². The van der Waals surface area contributed by atoms with Crippen LogP contribution in [0.4, 0.5) is 0 Å². The number of nitrogens with zero attached hydrogens (tertiary/aromatic N) is 2. The molecule has 1 aliphatic rings. The first kappa shape index (κ1) is 17.9. The maximum Gasteiger partial charge on any atom is 0.356 e. The van der Waals surface area contributed by atoms with Crippen molar-refractivity contribution in [2.45, 2.75) is 52.4 Å². The summed E-state index contributed by atoms with van der Waals surface area (Å²) < 4.78 is 5.31. The van der Waals surface area contributed by atoms with Crippen LogP contribution in [0.1, 0.15) is 62.0 Å². The van der Waals surface area contributed by atoms with Crippen LogP contribution in [0.15, 0.2) is 18.3 Å². The minimum absolute atomic E-state index is 0.308.